The first-order chi connectivity index (χ1) is 17.3. The summed E-state index contributed by atoms with van der Waals surface area (Å²) in [5.41, 5.74) is 5.43. The van der Waals surface area contributed by atoms with E-state index in [1.165, 1.54) is 0 Å². The van der Waals surface area contributed by atoms with E-state index in [0.717, 1.165) is 24.2 Å². The second-order valence-electron chi connectivity index (χ2n) is 8.51. The molecule has 1 aromatic carbocycles. The number of alkyl halides is 3. The fourth-order valence-electron chi connectivity index (χ4n) is 4.59. The highest BCUT2D eigenvalue weighted by Gasteiger charge is 2.38. The van der Waals surface area contributed by atoms with Gasteiger partial charge in [0.15, 0.2) is 18.3 Å². The standard InChI is InChI=1S/C24H24F3N7O2/c25-24(26,27)17-10-20(28)31-11-16(17)18-12-29-13-19(36-18)23-30-7-6-21(32-23)34-9-8-33(22(34)14-35)15-4-2-1-3-5-15/h1-7,10-11,14,18-19,22,29H,8-9,12-13H2,(H2,28,31). The Balaban J connectivity index is 1.38. The largest absolute Gasteiger partial charge is 0.416 e. The minimum absolute atomic E-state index is 0.107. The normalized spacial score (nSPS) is 22.6. The quantitative estimate of drug-likeness (QED) is 0.512. The van der Waals surface area contributed by atoms with E-state index in [4.69, 9.17) is 10.5 Å². The van der Waals surface area contributed by atoms with Crippen molar-refractivity contribution in [2.45, 2.75) is 24.6 Å². The van der Waals surface area contributed by atoms with Gasteiger partial charge >= 0.3 is 6.18 Å². The molecule has 12 heteroatoms. The number of nitrogens with zero attached hydrogens (tertiary/aromatic N) is 5. The number of para-hydroxylation sites is 1. The smallest absolute Gasteiger partial charge is 0.384 e. The van der Waals surface area contributed by atoms with Crippen LogP contribution in [0.15, 0.2) is 54.9 Å². The Kier molecular flexibility index (Phi) is 6.46. The van der Waals surface area contributed by atoms with Gasteiger partial charge in [0.2, 0.25) is 0 Å². The lowest BCUT2D eigenvalue weighted by Gasteiger charge is -2.32. The number of hydrogen-bond donors (Lipinski definition) is 2. The third kappa shape index (κ3) is 4.69. The predicted molar refractivity (Wildman–Crippen MR) is 126 cm³/mol. The Hall–Kier alpha value is -3.77. The zero-order valence-electron chi connectivity index (χ0n) is 19.1. The van der Waals surface area contributed by atoms with Crippen LogP contribution in [0.5, 0.6) is 0 Å². The number of benzene rings is 1. The summed E-state index contributed by atoms with van der Waals surface area (Å²) in [5, 5.41) is 3.10. The summed E-state index contributed by atoms with van der Waals surface area (Å²) in [7, 11) is 0. The molecule has 2 aromatic heterocycles. The van der Waals surface area contributed by atoms with E-state index in [1.807, 2.05) is 40.1 Å². The number of ether oxygens (including phenoxy) is 1. The Morgan fingerprint density at radius 2 is 1.81 bits per heavy atom. The maximum Gasteiger partial charge on any atom is 0.416 e. The number of aromatic nitrogens is 3. The zero-order chi connectivity index (χ0) is 25.3. The van der Waals surface area contributed by atoms with E-state index in [9.17, 15) is 18.0 Å². The van der Waals surface area contributed by atoms with E-state index in [2.05, 4.69) is 20.3 Å². The van der Waals surface area contributed by atoms with Crippen molar-refractivity contribution in [1.29, 1.82) is 0 Å². The molecule has 3 aromatic rings. The molecule has 3 atom stereocenters. The molecule has 3 N–H and O–H groups in total. The van der Waals surface area contributed by atoms with Crippen molar-refractivity contribution >= 4 is 23.6 Å². The SMILES string of the molecule is Nc1cc(C(F)(F)F)c(C2CNCC(c3nccc(N4CCN(c5ccccc5)C4C=O)n3)O2)cn1. The molecule has 0 aliphatic carbocycles. The van der Waals surface area contributed by atoms with Crippen molar-refractivity contribution < 1.29 is 22.7 Å². The number of halogens is 3. The third-order valence-electron chi connectivity index (χ3n) is 6.27. The average Bonchev–Trinajstić information content (AvgIpc) is 3.33. The van der Waals surface area contributed by atoms with Crippen molar-refractivity contribution in [2.24, 2.45) is 0 Å². The fourth-order valence-corrected chi connectivity index (χ4v) is 4.59. The van der Waals surface area contributed by atoms with E-state index >= 15 is 0 Å². The van der Waals surface area contributed by atoms with Gasteiger partial charge in [-0.1, -0.05) is 18.2 Å². The maximum absolute atomic E-state index is 13.6. The van der Waals surface area contributed by atoms with Gasteiger partial charge in [0, 0.05) is 49.8 Å². The molecule has 2 saturated heterocycles. The second-order valence-corrected chi connectivity index (χ2v) is 8.51. The first kappa shape index (κ1) is 23.9. The molecule has 9 nitrogen and oxygen atoms in total. The third-order valence-corrected chi connectivity index (χ3v) is 6.27. The van der Waals surface area contributed by atoms with Crippen LogP contribution in [-0.2, 0) is 15.7 Å². The summed E-state index contributed by atoms with van der Waals surface area (Å²) >= 11 is 0. The van der Waals surface area contributed by atoms with Crippen molar-refractivity contribution in [3.63, 3.8) is 0 Å². The minimum Gasteiger partial charge on any atom is -0.384 e. The number of nitrogens with two attached hydrogens (primary N) is 1. The molecule has 0 saturated carbocycles. The molecule has 5 rings (SSSR count). The van der Waals surface area contributed by atoms with E-state index < -0.39 is 30.1 Å². The lowest BCUT2D eigenvalue weighted by atomic mass is 10.0. The number of rotatable bonds is 5. The predicted octanol–water partition coefficient (Wildman–Crippen LogP) is 2.73. The molecule has 0 spiro atoms. The number of pyridine rings is 1. The van der Waals surface area contributed by atoms with Crippen LogP contribution in [0.25, 0.3) is 0 Å². The lowest BCUT2D eigenvalue weighted by molar-refractivity contribution is -0.140. The number of nitrogen functional groups attached to an aromatic ring is 1. The van der Waals surface area contributed by atoms with Gasteiger partial charge in [-0.15, -0.1) is 0 Å². The van der Waals surface area contributed by atoms with Crippen LogP contribution in [0.4, 0.5) is 30.5 Å². The minimum atomic E-state index is -4.61. The molecule has 36 heavy (non-hydrogen) atoms. The highest BCUT2D eigenvalue weighted by atomic mass is 19.4. The van der Waals surface area contributed by atoms with Crippen molar-refractivity contribution in [3.05, 3.63) is 71.8 Å². The van der Waals surface area contributed by atoms with E-state index in [1.54, 1.807) is 12.3 Å². The van der Waals surface area contributed by atoms with Gasteiger partial charge in [-0.3, -0.25) is 4.79 Å². The molecule has 2 fully saturated rings. The molecular formula is C24H24F3N7O2. The first-order valence-electron chi connectivity index (χ1n) is 11.4. The molecule has 2 aliphatic heterocycles. The van der Waals surface area contributed by atoms with Crippen LogP contribution in [0.2, 0.25) is 0 Å². The van der Waals surface area contributed by atoms with Crippen LogP contribution in [0.1, 0.15) is 29.2 Å². The molecule has 0 amide bonds. The second kappa shape index (κ2) is 9.70. The summed E-state index contributed by atoms with van der Waals surface area (Å²) < 4.78 is 46.9. The van der Waals surface area contributed by atoms with Crippen LogP contribution in [-0.4, -0.2) is 53.6 Å². The number of carbonyl (C=O) groups is 1. The number of carbonyl (C=O) groups excluding carboxylic acids is 1. The number of aldehydes is 1. The summed E-state index contributed by atoms with van der Waals surface area (Å²) in [6.45, 7) is 1.67. The van der Waals surface area contributed by atoms with Crippen LogP contribution >= 0.6 is 0 Å². The first-order valence-corrected chi connectivity index (χ1v) is 11.4. The number of nitrogens with one attached hydrogen (secondary N) is 1. The van der Waals surface area contributed by atoms with Crippen LogP contribution in [0, 0.1) is 0 Å². The van der Waals surface area contributed by atoms with Crippen molar-refractivity contribution in [3.8, 4) is 0 Å². The number of hydrogen-bond acceptors (Lipinski definition) is 9. The molecule has 3 unspecified atom stereocenters. The molecule has 4 heterocycles. The van der Waals surface area contributed by atoms with Crippen LogP contribution in [0.3, 0.4) is 0 Å². The summed E-state index contributed by atoms with van der Waals surface area (Å²) in [5.74, 6) is 0.623. The van der Waals surface area contributed by atoms with E-state index in [-0.39, 0.29) is 17.9 Å². The topological polar surface area (TPSA) is 110 Å². The van der Waals surface area contributed by atoms with Gasteiger partial charge in [-0.05, 0) is 24.3 Å². The molecular weight excluding hydrogens is 475 g/mol. The van der Waals surface area contributed by atoms with Gasteiger partial charge in [0.1, 0.15) is 17.7 Å². The number of morpholine rings is 1. The molecule has 0 radical (unpaired) electrons. The lowest BCUT2D eigenvalue weighted by Crippen LogP contribution is -2.41. The molecule has 2 aliphatic rings. The Morgan fingerprint density at radius 3 is 2.56 bits per heavy atom. The van der Waals surface area contributed by atoms with Gasteiger partial charge in [0.05, 0.1) is 11.7 Å². The summed E-state index contributed by atoms with van der Waals surface area (Å²) in [6.07, 6.45) is -3.27. The summed E-state index contributed by atoms with van der Waals surface area (Å²) in [6, 6.07) is 12.1. The van der Waals surface area contributed by atoms with Gasteiger partial charge in [0.25, 0.3) is 0 Å². The maximum atomic E-state index is 13.6. The van der Waals surface area contributed by atoms with Crippen molar-refractivity contribution in [2.75, 3.05) is 41.7 Å². The Morgan fingerprint density at radius 1 is 1.06 bits per heavy atom. The van der Waals surface area contributed by atoms with Gasteiger partial charge in [-0.2, -0.15) is 13.2 Å². The Bertz CT molecular complexity index is 1230. The average molecular weight is 499 g/mol. The fraction of sp³-hybridized carbons (Fsp3) is 0.333. The number of anilines is 3. The zero-order valence-corrected chi connectivity index (χ0v) is 19.1. The Labute approximate surface area is 205 Å². The monoisotopic (exact) mass is 499 g/mol. The van der Waals surface area contributed by atoms with Gasteiger partial charge in [-0.25, -0.2) is 15.0 Å². The molecule has 0 bridgehead atoms. The van der Waals surface area contributed by atoms with Gasteiger partial charge < -0.3 is 25.6 Å². The van der Waals surface area contributed by atoms with Crippen LogP contribution < -0.4 is 20.9 Å². The van der Waals surface area contributed by atoms with E-state index in [0.29, 0.717) is 31.3 Å². The highest BCUT2D eigenvalue weighted by Crippen LogP contribution is 2.38. The molecule has 188 valence electrons. The van der Waals surface area contributed by atoms with Crippen molar-refractivity contribution in [1.82, 2.24) is 20.3 Å². The summed E-state index contributed by atoms with van der Waals surface area (Å²) in [4.78, 5) is 28.7. The highest BCUT2D eigenvalue weighted by molar-refractivity contribution is 5.73.